The normalized spacial score (nSPS) is 17.6. The van der Waals surface area contributed by atoms with Crippen molar-refractivity contribution in [3.8, 4) is 5.75 Å². The number of halogens is 1. The summed E-state index contributed by atoms with van der Waals surface area (Å²) >= 11 is 5.84. The van der Waals surface area contributed by atoms with Gasteiger partial charge in [-0.05, 0) is 31.0 Å². The van der Waals surface area contributed by atoms with Gasteiger partial charge in [0, 0.05) is 17.8 Å². The molecule has 1 saturated heterocycles. The number of phenolic OH excluding ortho intramolecular Hbond substituents is 1. The third kappa shape index (κ3) is 3.40. The lowest BCUT2D eigenvalue weighted by molar-refractivity contribution is 0.0940. The summed E-state index contributed by atoms with van der Waals surface area (Å²) < 4.78 is 7.29. The smallest absolute Gasteiger partial charge is 0.259 e. The topological polar surface area (TPSA) is 76.4 Å². The summed E-state index contributed by atoms with van der Waals surface area (Å²) in [7, 11) is 0. The Morgan fingerprint density at radius 3 is 3.18 bits per heavy atom. The Kier molecular flexibility index (Phi) is 4.31. The van der Waals surface area contributed by atoms with E-state index < -0.39 is 5.91 Å². The average Bonchev–Trinajstić information content (AvgIpc) is 3.14. The molecule has 6 nitrogen and oxygen atoms in total. The molecule has 0 saturated carbocycles. The number of hydrogen-bond donors (Lipinski definition) is 2. The number of anilines is 1. The summed E-state index contributed by atoms with van der Waals surface area (Å²) in [6.45, 7) is 1.46. The molecule has 1 atom stereocenters. The van der Waals surface area contributed by atoms with Crippen molar-refractivity contribution in [3.63, 3.8) is 0 Å². The van der Waals surface area contributed by atoms with Crippen molar-refractivity contribution >= 4 is 23.2 Å². The molecule has 2 N–H and O–H groups in total. The molecule has 1 aromatic carbocycles. The molecule has 2 aromatic rings. The minimum absolute atomic E-state index is 0.117. The summed E-state index contributed by atoms with van der Waals surface area (Å²) in [6, 6.07) is 4.33. The van der Waals surface area contributed by atoms with E-state index in [4.69, 9.17) is 16.3 Å². The first kappa shape index (κ1) is 14.9. The van der Waals surface area contributed by atoms with Crippen LogP contribution in [0.3, 0.4) is 0 Å². The Hall–Kier alpha value is -2.05. The van der Waals surface area contributed by atoms with Gasteiger partial charge in [-0.25, -0.2) is 0 Å². The fourth-order valence-electron chi connectivity index (χ4n) is 2.41. The first-order chi connectivity index (χ1) is 10.6. The fourth-order valence-corrected chi connectivity index (χ4v) is 2.59. The Labute approximate surface area is 132 Å². The molecular weight excluding hydrogens is 306 g/mol. The van der Waals surface area contributed by atoms with Gasteiger partial charge in [0.1, 0.15) is 5.75 Å². The largest absolute Gasteiger partial charge is 0.507 e. The van der Waals surface area contributed by atoms with Gasteiger partial charge in [-0.1, -0.05) is 11.6 Å². The van der Waals surface area contributed by atoms with Crippen LogP contribution in [0.2, 0.25) is 5.02 Å². The van der Waals surface area contributed by atoms with E-state index in [9.17, 15) is 9.90 Å². The van der Waals surface area contributed by atoms with Gasteiger partial charge in [-0.2, -0.15) is 5.10 Å². The summed E-state index contributed by atoms with van der Waals surface area (Å²) in [5.41, 5.74) is 0.682. The minimum Gasteiger partial charge on any atom is -0.507 e. The Balaban J connectivity index is 1.66. The zero-order valence-electron chi connectivity index (χ0n) is 11.8. The maximum atomic E-state index is 12.1. The van der Waals surface area contributed by atoms with Crippen LogP contribution in [0.15, 0.2) is 30.6 Å². The minimum atomic E-state index is -0.434. The number of rotatable bonds is 4. The van der Waals surface area contributed by atoms with Crippen molar-refractivity contribution in [1.82, 2.24) is 9.78 Å². The highest BCUT2D eigenvalue weighted by Crippen LogP contribution is 2.22. The van der Waals surface area contributed by atoms with Gasteiger partial charge in [0.15, 0.2) is 0 Å². The molecule has 0 aliphatic carbocycles. The van der Waals surface area contributed by atoms with E-state index in [2.05, 4.69) is 10.4 Å². The van der Waals surface area contributed by atoms with Crippen LogP contribution in [-0.4, -0.2) is 33.5 Å². The SMILES string of the molecule is O=C(Nc1cnn(C[C@@H]2CCCO2)c1)c1cc(Cl)ccc1O. The molecule has 116 valence electrons. The number of aromatic nitrogens is 2. The number of ether oxygens (including phenoxy) is 1. The van der Waals surface area contributed by atoms with Crippen molar-refractivity contribution < 1.29 is 14.6 Å². The first-order valence-electron chi connectivity index (χ1n) is 7.06. The van der Waals surface area contributed by atoms with Crippen molar-refractivity contribution in [2.45, 2.75) is 25.5 Å². The second-order valence-corrected chi connectivity index (χ2v) is 5.64. The van der Waals surface area contributed by atoms with E-state index in [0.717, 1.165) is 19.4 Å². The molecule has 1 aromatic heterocycles. The molecule has 0 spiro atoms. The quantitative estimate of drug-likeness (QED) is 0.907. The van der Waals surface area contributed by atoms with Crippen molar-refractivity contribution in [3.05, 3.63) is 41.2 Å². The van der Waals surface area contributed by atoms with E-state index in [1.165, 1.54) is 18.2 Å². The highest BCUT2D eigenvalue weighted by Gasteiger charge is 2.17. The predicted molar refractivity (Wildman–Crippen MR) is 82.3 cm³/mol. The highest BCUT2D eigenvalue weighted by molar-refractivity contribution is 6.31. The number of carbonyl (C=O) groups is 1. The maximum Gasteiger partial charge on any atom is 0.259 e. The number of aromatic hydroxyl groups is 1. The van der Waals surface area contributed by atoms with E-state index in [1.807, 2.05) is 0 Å². The van der Waals surface area contributed by atoms with Crippen LogP contribution >= 0.6 is 11.6 Å². The molecule has 0 bridgehead atoms. The Morgan fingerprint density at radius 1 is 1.55 bits per heavy atom. The van der Waals surface area contributed by atoms with E-state index in [-0.39, 0.29) is 17.4 Å². The summed E-state index contributed by atoms with van der Waals surface area (Å²) in [6.07, 6.45) is 5.58. The van der Waals surface area contributed by atoms with Crippen molar-refractivity contribution in [1.29, 1.82) is 0 Å². The van der Waals surface area contributed by atoms with Crippen LogP contribution in [0.4, 0.5) is 5.69 Å². The lowest BCUT2D eigenvalue weighted by Crippen LogP contribution is -2.15. The molecule has 3 rings (SSSR count). The number of carbonyl (C=O) groups excluding carboxylic acids is 1. The number of amides is 1. The maximum absolute atomic E-state index is 12.1. The average molecular weight is 322 g/mol. The monoisotopic (exact) mass is 321 g/mol. The van der Waals surface area contributed by atoms with Crippen LogP contribution < -0.4 is 5.32 Å². The molecule has 2 heterocycles. The molecule has 0 radical (unpaired) electrons. The number of phenols is 1. The summed E-state index contributed by atoms with van der Waals surface area (Å²) in [4.78, 5) is 12.1. The summed E-state index contributed by atoms with van der Waals surface area (Å²) in [5.74, 6) is -0.551. The number of nitrogens with zero attached hydrogens (tertiary/aromatic N) is 2. The molecule has 1 amide bonds. The third-order valence-electron chi connectivity index (χ3n) is 3.51. The zero-order valence-corrected chi connectivity index (χ0v) is 12.6. The van der Waals surface area contributed by atoms with Crippen LogP contribution in [0.5, 0.6) is 5.75 Å². The van der Waals surface area contributed by atoms with Gasteiger partial charge >= 0.3 is 0 Å². The van der Waals surface area contributed by atoms with Gasteiger partial charge < -0.3 is 15.2 Å². The first-order valence-corrected chi connectivity index (χ1v) is 7.43. The number of nitrogens with one attached hydrogen (secondary N) is 1. The van der Waals surface area contributed by atoms with Crippen LogP contribution in [0, 0.1) is 0 Å². The van der Waals surface area contributed by atoms with Gasteiger partial charge in [0.25, 0.3) is 5.91 Å². The predicted octanol–water partition coefficient (Wildman–Crippen LogP) is 2.67. The van der Waals surface area contributed by atoms with E-state index >= 15 is 0 Å². The van der Waals surface area contributed by atoms with E-state index in [0.29, 0.717) is 17.3 Å². The molecule has 7 heteroatoms. The number of benzene rings is 1. The van der Waals surface area contributed by atoms with E-state index in [1.54, 1.807) is 17.1 Å². The lowest BCUT2D eigenvalue weighted by atomic mass is 10.2. The van der Waals surface area contributed by atoms with Crippen LogP contribution in [0.25, 0.3) is 0 Å². The standard InChI is InChI=1S/C15H16ClN3O3/c16-10-3-4-14(20)13(6-10)15(21)18-11-7-17-19(8-11)9-12-2-1-5-22-12/h3-4,6-8,12,20H,1-2,5,9H2,(H,18,21)/t12-/m0/s1. The van der Waals surface area contributed by atoms with Crippen LogP contribution in [-0.2, 0) is 11.3 Å². The van der Waals surface area contributed by atoms with Gasteiger partial charge in [0.2, 0.25) is 0 Å². The molecule has 1 aliphatic rings. The number of hydrogen-bond acceptors (Lipinski definition) is 4. The van der Waals surface area contributed by atoms with Crippen molar-refractivity contribution in [2.75, 3.05) is 11.9 Å². The zero-order chi connectivity index (χ0) is 15.5. The van der Waals surface area contributed by atoms with Gasteiger partial charge in [-0.15, -0.1) is 0 Å². The fraction of sp³-hybridized carbons (Fsp3) is 0.333. The van der Waals surface area contributed by atoms with Crippen LogP contribution in [0.1, 0.15) is 23.2 Å². The molecule has 0 unspecified atom stereocenters. The second-order valence-electron chi connectivity index (χ2n) is 5.20. The Bertz CT molecular complexity index is 680. The summed E-state index contributed by atoms with van der Waals surface area (Å²) in [5, 5.41) is 17.0. The molecule has 1 aliphatic heterocycles. The van der Waals surface area contributed by atoms with Gasteiger partial charge in [0.05, 0.1) is 30.1 Å². The van der Waals surface area contributed by atoms with Crippen molar-refractivity contribution in [2.24, 2.45) is 0 Å². The lowest BCUT2D eigenvalue weighted by Gasteiger charge is -2.08. The molecular formula is C15H16ClN3O3. The molecule has 22 heavy (non-hydrogen) atoms. The van der Waals surface area contributed by atoms with Gasteiger partial charge in [-0.3, -0.25) is 9.48 Å². The molecule has 1 fully saturated rings. The second kappa shape index (κ2) is 6.37. The third-order valence-corrected chi connectivity index (χ3v) is 3.74. The Morgan fingerprint density at radius 2 is 2.41 bits per heavy atom. The highest BCUT2D eigenvalue weighted by atomic mass is 35.5.